The second-order valence-electron chi connectivity index (χ2n) is 8.26. The van der Waals surface area contributed by atoms with E-state index in [1.54, 1.807) is 0 Å². The van der Waals surface area contributed by atoms with Crippen molar-refractivity contribution in [3.63, 3.8) is 0 Å². The van der Waals surface area contributed by atoms with E-state index in [0.29, 0.717) is 11.6 Å². The smallest absolute Gasteiger partial charge is 0.237 e. The fourth-order valence-corrected chi connectivity index (χ4v) is 4.81. The summed E-state index contributed by atoms with van der Waals surface area (Å²) >= 11 is 1.42. The Bertz CT molecular complexity index is 1230. The van der Waals surface area contributed by atoms with Crippen LogP contribution in [0.4, 0.5) is 5.69 Å². The second-order valence-corrected chi connectivity index (χ2v) is 9.56. The molecule has 0 aliphatic rings. The average Bonchev–Trinajstić information content (AvgIpc) is 3.19. The van der Waals surface area contributed by atoms with Crippen molar-refractivity contribution in [3.8, 4) is 5.69 Å². The molecular weight excluding hydrogens is 428 g/mol. The number of rotatable bonds is 7. The van der Waals surface area contributed by atoms with E-state index in [0.717, 1.165) is 33.9 Å². The van der Waals surface area contributed by atoms with Crippen molar-refractivity contribution in [2.24, 2.45) is 0 Å². The number of hydrogen-bond acceptors (Lipinski definition) is 4. The van der Waals surface area contributed by atoms with Crippen LogP contribution in [0.25, 0.3) is 5.69 Å². The lowest BCUT2D eigenvalue weighted by molar-refractivity contribution is -0.115. The Hall–Kier alpha value is -3.38. The van der Waals surface area contributed by atoms with Crippen LogP contribution in [0, 0.1) is 20.8 Å². The van der Waals surface area contributed by atoms with Crippen LogP contribution in [0.2, 0.25) is 0 Å². The van der Waals surface area contributed by atoms with E-state index in [1.165, 1.54) is 17.3 Å². The highest BCUT2D eigenvalue weighted by molar-refractivity contribution is 8.00. The summed E-state index contributed by atoms with van der Waals surface area (Å²) in [5, 5.41) is 12.4. The van der Waals surface area contributed by atoms with Crippen LogP contribution < -0.4 is 5.32 Å². The van der Waals surface area contributed by atoms with Crippen molar-refractivity contribution in [1.82, 2.24) is 14.8 Å². The van der Waals surface area contributed by atoms with Crippen molar-refractivity contribution in [3.05, 3.63) is 101 Å². The number of thioether (sulfide) groups is 1. The molecule has 1 aromatic heterocycles. The number of hydrogen-bond donors (Lipinski definition) is 1. The molecule has 1 N–H and O–H groups in total. The zero-order valence-corrected chi connectivity index (χ0v) is 20.2. The van der Waals surface area contributed by atoms with Crippen LogP contribution in [-0.4, -0.2) is 25.9 Å². The lowest BCUT2D eigenvalue weighted by atomic mass is 10.1. The molecule has 4 aromatic rings. The standard InChI is InChI=1S/C27H28N4OS/c1-18-15-19(2)25(20(3)16-18)28-26(32)21(4)33-27-30-29-24(17-22-11-7-5-8-12-22)31(27)23-13-9-6-10-14-23/h5-16,21H,17H2,1-4H3,(H,28,32). The highest BCUT2D eigenvalue weighted by Gasteiger charge is 2.22. The number of nitrogens with zero attached hydrogens (tertiary/aromatic N) is 3. The van der Waals surface area contributed by atoms with Gasteiger partial charge in [0.1, 0.15) is 5.82 Å². The summed E-state index contributed by atoms with van der Waals surface area (Å²) < 4.78 is 2.05. The number of amides is 1. The molecule has 3 aromatic carbocycles. The molecule has 1 amide bonds. The van der Waals surface area contributed by atoms with Gasteiger partial charge in [-0.2, -0.15) is 0 Å². The molecule has 0 saturated carbocycles. The Morgan fingerprint density at radius 1 is 0.939 bits per heavy atom. The molecule has 0 saturated heterocycles. The first kappa shape index (κ1) is 22.8. The number of anilines is 1. The highest BCUT2D eigenvalue weighted by atomic mass is 32.2. The van der Waals surface area contributed by atoms with Crippen LogP contribution >= 0.6 is 11.8 Å². The Kier molecular flexibility index (Phi) is 6.94. The zero-order chi connectivity index (χ0) is 23.4. The lowest BCUT2D eigenvalue weighted by Gasteiger charge is -2.16. The van der Waals surface area contributed by atoms with Gasteiger partial charge in [-0.05, 0) is 56.5 Å². The van der Waals surface area contributed by atoms with E-state index < -0.39 is 0 Å². The van der Waals surface area contributed by atoms with E-state index in [4.69, 9.17) is 0 Å². The lowest BCUT2D eigenvalue weighted by Crippen LogP contribution is -2.24. The van der Waals surface area contributed by atoms with E-state index in [1.807, 2.05) is 73.9 Å². The number of aryl methyl sites for hydroxylation is 3. The number of para-hydroxylation sites is 1. The largest absolute Gasteiger partial charge is 0.325 e. The highest BCUT2D eigenvalue weighted by Crippen LogP contribution is 2.29. The molecule has 0 aliphatic carbocycles. The molecular formula is C27H28N4OS. The first-order valence-electron chi connectivity index (χ1n) is 11.0. The molecule has 0 fully saturated rings. The van der Waals surface area contributed by atoms with Crippen LogP contribution in [0.15, 0.2) is 78.0 Å². The maximum atomic E-state index is 13.1. The van der Waals surface area contributed by atoms with Gasteiger partial charge in [0.15, 0.2) is 5.16 Å². The van der Waals surface area contributed by atoms with E-state index in [2.05, 4.69) is 46.7 Å². The van der Waals surface area contributed by atoms with Gasteiger partial charge in [-0.15, -0.1) is 10.2 Å². The van der Waals surface area contributed by atoms with E-state index >= 15 is 0 Å². The monoisotopic (exact) mass is 456 g/mol. The molecule has 1 atom stereocenters. The Balaban J connectivity index is 1.59. The van der Waals surface area contributed by atoms with Crippen LogP contribution in [0.5, 0.6) is 0 Å². The van der Waals surface area contributed by atoms with Gasteiger partial charge in [0.05, 0.1) is 5.25 Å². The molecule has 0 aliphatic heterocycles. The minimum Gasteiger partial charge on any atom is -0.325 e. The van der Waals surface area contributed by atoms with E-state index in [9.17, 15) is 4.79 Å². The first-order chi connectivity index (χ1) is 15.9. The maximum absolute atomic E-state index is 13.1. The third kappa shape index (κ3) is 5.34. The summed E-state index contributed by atoms with van der Waals surface area (Å²) in [7, 11) is 0. The minimum absolute atomic E-state index is 0.0534. The Labute approximate surface area is 199 Å². The van der Waals surface area contributed by atoms with Gasteiger partial charge in [0.25, 0.3) is 0 Å². The Morgan fingerprint density at radius 3 is 2.18 bits per heavy atom. The SMILES string of the molecule is Cc1cc(C)c(NC(=O)C(C)Sc2nnc(Cc3ccccc3)n2-c2ccccc2)c(C)c1. The molecule has 4 rings (SSSR count). The first-order valence-corrected chi connectivity index (χ1v) is 11.9. The summed E-state index contributed by atoms with van der Waals surface area (Å²) in [5.74, 6) is 0.787. The van der Waals surface area contributed by atoms with Crippen LogP contribution in [0.1, 0.15) is 35.0 Å². The van der Waals surface area contributed by atoms with Crippen molar-refractivity contribution in [2.75, 3.05) is 5.32 Å². The molecule has 0 radical (unpaired) electrons. The number of aromatic nitrogens is 3. The van der Waals surface area contributed by atoms with Crippen LogP contribution in [0.3, 0.4) is 0 Å². The number of carbonyl (C=O) groups is 1. The van der Waals surface area contributed by atoms with Gasteiger partial charge < -0.3 is 5.32 Å². The predicted octanol–water partition coefficient (Wildman–Crippen LogP) is 5.90. The fraction of sp³-hybridized carbons (Fsp3) is 0.222. The number of nitrogens with one attached hydrogen (secondary N) is 1. The normalized spacial score (nSPS) is 11.9. The second kappa shape index (κ2) is 10.0. The maximum Gasteiger partial charge on any atom is 0.237 e. The van der Waals surface area contributed by atoms with Gasteiger partial charge in [-0.25, -0.2) is 0 Å². The summed E-state index contributed by atoms with van der Waals surface area (Å²) in [6, 6.07) is 24.4. The van der Waals surface area contributed by atoms with Crippen LogP contribution in [-0.2, 0) is 11.2 Å². The zero-order valence-electron chi connectivity index (χ0n) is 19.4. The molecule has 6 heteroatoms. The molecule has 1 unspecified atom stereocenters. The summed E-state index contributed by atoms with van der Waals surface area (Å²) in [5.41, 5.74) is 6.34. The van der Waals surface area contributed by atoms with Crippen molar-refractivity contribution in [2.45, 2.75) is 44.5 Å². The molecule has 0 bridgehead atoms. The molecule has 1 heterocycles. The van der Waals surface area contributed by atoms with Gasteiger partial charge in [-0.3, -0.25) is 9.36 Å². The van der Waals surface area contributed by atoms with Gasteiger partial charge >= 0.3 is 0 Å². The summed E-state index contributed by atoms with van der Waals surface area (Å²) in [6.45, 7) is 8.01. The van der Waals surface area contributed by atoms with E-state index in [-0.39, 0.29) is 11.2 Å². The average molecular weight is 457 g/mol. The summed E-state index contributed by atoms with van der Waals surface area (Å²) in [6.07, 6.45) is 0.658. The minimum atomic E-state index is -0.346. The molecule has 0 spiro atoms. The fourth-order valence-electron chi connectivity index (χ4n) is 3.92. The van der Waals surface area contributed by atoms with Crippen molar-refractivity contribution in [1.29, 1.82) is 0 Å². The third-order valence-corrected chi connectivity index (χ3v) is 6.54. The number of benzene rings is 3. The van der Waals surface area contributed by atoms with Gasteiger partial charge in [-0.1, -0.05) is 78.0 Å². The molecule has 5 nitrogen and oxygen atoms in total. The van der Waals surface area contributed by atoms with Crippen molar-refractivity contribution < 1.29 is 4.79 Å². The number of carbonyl (C=O) groups excluding carboxylic acids is 1. The van der Waals surface area contributed by atoms with Gasteiger partial charge in [0.2, 0.25) is 5.91 Å². The quantitative estimate of drug-likeness (QED) is 0.352. The third-order valence-electron chi connectivity index (χ3n) is 5.50. The van der Waals surface area contributed by atoms with Gasteiger partial charge in [0, 0.05) is 17.8 Å². The predicted molar refractivity (Wildman–Crippen MR) is 135 cm³/mol. The summed E-state index contributed by atoms with van der Waals surface area (Å²) in [4.78, 5) is 13.1. The molecule has 33 heavy (non-hydrogen) atoms. The topological polar surface area (TPSA) is 59.8 Å². The van der Waals surface area contributed by atoms with Crippen molar-refractivity contribution >= 4 is 23.4 Å². The molecule has 168 valence electrons. The Morgan fingerprint density at radius 2 is 1.55 bits per heavy atom.